The van der Waals surface area contributed by atoms with E-state index in [0.29, 0.717) is 35.4 Å². The number of aryl methyl sites for hydroxylation is 2. The first-order valence-electron chi connectivity index (χ1n) is 9.85. The lowest BCUT2D eigenvalue weighted by atomic mass is 10.1. The molecule has 0 radical (unpaired) electrons. The number of nitrogens with zero attached hydrogens (tertiary/aromatic N) is 2. The second kappa shape index (κ2) is 9.34. The van der Waals surface area contributed by atoms with Crippen molar-refractivity contribution >= 4 is 28.7 Å². The van der Waals surface area contributed by atoms with E-state index in [2.05, 4.69) is 10.3 Å². The number of rotatable bonds is 7. The molecule has 8 heteroatoms. The molecular formula is C23H23N3O5. The van der Waals surface area contributed by atoms with Gasteiger partial charge in [-0.05, 0) is 37.6 Å². The van der Waals surface area contributed by atoms with E-state index < -0.39 is 12.6 Å². The third-order valence-corrected chi connectivity index (χ3v) is 4.81. The molecule has 3 aromatic rings. The summed E-state index contributed by atoms with van der Waals surface area (Å²) in [5.74, 6) is -1.12. The van der Waals surface area contributed by atoms with Crippen LogP contribution in [0.4, 0.5) is 0 Å². The lowest BCUT2D eigenvalue weighted by Crippen LogP contribution is -2.23. The number of ketones is 1. The van der Waals surface area contributed by atoms with Crippen molar-refractivity contribution in [3.63, 3.8) is 0 Å². The Balaban J connectivity index is 1.68. The molecule has 1 N–H and O–H groups in total. The summed E-state index contributed by atoms with van der Waals surface area (Å²) in [6.07, 6.45) is 0. The van der Waals surface area contributed by atoms with Crippen LogP contribution in [0.1, 0.15) is 45.8 Å². The van der Waals surface area contributed by atoms with Crippen LogP contribution in [0.25, 0.3) is 11.0 Å². The Bertz CT molecular complexity index is 1210. The van der Waals surface area contributed by atoms with Gasteiger partial charge in [0, 0.05) is 25.6 Å². The molecule has 0 spiro atoms. The number of aromatic nitrogens is 2. The molecule has 0 aliphatic heterocycles. The average molecular weight is 421 g/mol. The third kappa shape index (κ3) is 5.03. The summed E-state index contributed by atoms with van der Waals surface area (Å²) in [4.78, 5) is 52.2. The first-order valence-corrected chi connectivity index (χ1v) is 9.85. The highest BCUT2D eigenvalue weighted by molar-refractivity contribution is 6.00. The number of nitrogens with one attached hydrogen (secondary N) is 1. The monoisotopic (exact) mass is 421 g/mol. The maximum atomic E-state index is 12.4. The highest BCUT2D eigenvalue weighted by atomic mass is 16.5. The number of benzene rings is 2. The van der Waals surface area contributed by atoms with Crippen LogP contribution in [0.2, 0.25) is 0 Å². The number of carbonyl (C=O) groups is 3. The van der Waals surface area contributed by atoms with Crippen molar-refractivity contribution in [1.82, 2.24) is 14.9 Å². The first-order chi connectivity index (χ1) is 14.8. The molecule has 1 amide bonds. The molecule has 0 saturated carbocycles. The second-order valence-electron chi connectivity index (χ2n) is 7.06. The molecule has 0 saturated heterocycles. The summed E-state index contributed by atoms with van der Waals surface area (Å²) in [6.45, 7) is 5.38. The van der Waals surface area contributed by atoms with Crippen LogP contribution in [-0.4, -0.2) is 33.8 Å². The Hall–Kier alpha value is -3.81. The van der Waals surface area contributed by atoms with Crippen LogP contribution < -0.4 is 10.9 Å². The van der Waals surface area contributed by atoms with Gasteiger partial charge in [0.05, 0.1) is 16.6 Å². The van der Waals surface area contributed by atoms with Gasteiger partial charge < -0.3 is 14.6 Å². The molecule has 31 heavy (non-hydrogen) atoms. The minimum absolute atomic E-state index is 0.135. The third-order valence-electron chi connectivity index (χ3n) is 4.81. The van der Waals surface area contributed by atoms with Crippen LogP contribution in [-0.2, 0) is 22.6 Å². The highest BCUT2D eigenvalue weighted by Crippen LogP contribution is 2.15. The van der Waals surface area contributed by atoms with Crippen molar-refractivity contribution in [2.24, 2.45) is 0 Å². The second-order valence-corrected chi connectivity index (χ2v) is 7.06. The van der Waals surface area contributed by atoms with Crippen molar-refractivity contribution in [1.29, 1.82) is 0 Å². The minimum Gasteiger partial charge on any atom is -0.454 e. The van der Waals surface area contributed by atoms with Crippen molar-refractivity contribution < 1.29 is 19.1 Å². The number of amides is 1. The van der Waals surface area contributed by atoms with Gasteiger partial charge in [0.15, 0.2) is 12.4 Å². The molecule has 0 aliphatic carbocycles. The molecule has 0 atom stereocenters. The topological polar surface area (TPSA) is 107 Å². The Morgan fingerprint density at radius 1 is 1.06 bits per heavy atom. The summed E-state index contributed by atoms with van der Waals surface area (Å²) in [6, 6.07) is 11.5. The number of carbonyl (C=O) groups excluding carboxylic acids is 3. The van der Waals surface area contributed by atoms with Gasteiger partial charge in [-0.15, -0.1) is 0 Å². The normalized spacial score (nSPS) is 10.7. The van der Waals surface area contributed by atoms with Gasteiger partial charge >= 0.3 is 5.97 Å². The van der Waals surface area contributed by atoms with Crippen LogP contribution in [0.3, 0.4) is 0 Å². The van der Waals surface area contributed by atoms with Gasteiger partial charge in [-0.2, -0.15) is 0 Å². The van der Waals surface area contributed by atoms with E-state index in [1.807, 2.05) is 6.92 Å². The Morgan fingerprint density at radius 3 is 2.39 bits per heavy atom. The molecule has 3 rings (SSSR count). The van der Waals surface area contributed by atoms with E-state index >= 15 is 0 Å². The molecule has 0 aliphatic rings. The zero-order chi connectivity index (χ0) is 22.5. The van der Waals surface area contributed by atoms with E-state index in [4.69, 9.17) is 4.74 Å². The molecule has 0 unspecified atom stereocenters. The Kier molecular flexibility index (Phi) is 6.59. The molecule has 8 nitrogen and oxygen atoms in total. The predicted octanol–water partition coefficient (Wildman–Crippen LogP) is 2.40. The quantitative estimate of drug-likeness (QED) is 0.464. The van der Waals surface area contributed by atoms with Gasteiger partial charge in [-0.1, -0.05) is 24.3 Å². The smallest absolute Gasteiger partial charge is 0.338 e. The standard InChI is InChI=1S/C23H23N3O5/c1-4-26-20-10-9-18(11-19(20)25-14(2)22(26)29)23(30)31-13-21(28)17-7-5-16(6-8-17)12-24-15(3)27/h5-11H,4,12-13H2,1-3H3,(H,24,27). The summed E-state index contributed by atoms with van der Waals surface area (Å²) in [7, 11) is 0. The van der Waals surface area contributed by atoms with Crippen molar-refractivity contribution in [3.8, 4) is 0 Å². The Morgan fingerprint density at radius 2 is 1.74 bits per heavy atom. The lowest BCUT2D eigenvalue weighted by molar-refractivity contribution is -0.119. The summed E-state index contributed by atoms with van der Waals surface area (Å²) >= 11 is 0. The molecule has 0 bridgehead atoms. The summed E-state index contributed by atoms with van der Waals surface area (Å²) < 4.78 is 6.76. The molecule has 2 aromatic carbocycles. The summed E-state index contributed by atoms with van der Waals surface area (Å²) in [5.41, 5.74) is 2.82. The zero-order valence-electron chi connectivity index (χ0n) is 17.6. The maximum absolute atomic E-state index is 12.4. The average Bonchev–Trinajstić information content (AvgIpc) is 2.76. The van der Waals surface area contributed by atoms with Crippen LogP contribution in [0.15, 0.2) is 47.3 Å². The number of esters is 1. The SMILES string of the molecule is CCn1c(=O)c(C)nc2cc(C(=O)OCC(=O)c3ccc(CNC(C)=O)cc3)ccc21. The van der Waals surface area contributed by atoms with Gasteiger partial charge in [0.25, 0.3) is 5.56 Å². The largest absolute Gasteiger partial charge is 0.454 e. The highest BCUT2D eigenvalue weighted by Gasteiger charge is 2.14. The molecule has 1 aromatic heterocycles. The lowest BCUT2D eigenvalue weighted by Gasteiger charge is -2.10. The number of hydrogen-bond acceptors (Lipinski definition) is 6. The molecule has 160 valence electrons. The summed E-state index contributed by atoms with van der Waals surface area (Å²) in [5, 5.41) is 2.68. The fourth-order valence-electron chi connectivity index (χ4n) is 3.15. The van der Waals surface area contributed by atoms with Crippen molar-refractivity contribution in [2.75, 3.05) is 6.61 Å². The fourth-order valence-corrected chi connectivity index (χ4v) is 3.15. The number of Topliss-reactive ketones (excluding diaryl/α,β-unsaturated/α-hetero) is 1. The Labute approximate surface area is 178 Å². The van der Waals surface area contributed by atoms with E-state index in [0.717, 1.165) is 5.56 Å². The van der Waals surface area contributed by atoms with Gasteiger partial charge in [0.2, 0.25) is 5.91 Å². The van der Waals surface area contributed by atoms with E-state index in [-0.39, 0.29) is 22.8 Å². The minimum atomic E-state index is -0.647. The maximum Gasteiger partial charge on any atom is 0.338 e. The van der Waals surface area contributed by atoms with Gasteiger partial charge in [-0.25, -0.2) is 9.78 Å². The van der Waals surface area contributed by atoms with E-state index in [1.54, 1.807) is 54.0 Å². The van der Waals surface area contributed by atoms with E-state index in [9.17, 15) is 19.2 Å². The molecular weight excluding hydrogens is 398 g/mol. The first kappa shape index (κ1) is 21.9. The van der Waals surface area contributed by atoms with Gasteiger partial charge in [-0.3, -0.25) is 14.4 Å². The predicted molar refractivity (Wildman–Crippen MR) is 115 cm³/mol. The van der Waals surface area contributed by atoms with Crippen LogP contribution >= 0.6 is 0 Å². The van der Waals surface area contributed by atoms with Gasteiger partial charge in [0.1, 0.15) is 5.69 Å². The van der Waals surface area contributed by atoms with Crippen molar-refractivity contribution in [3.05, 3.63) is 75.2 Å². The number of fused-ring (bicyclic) bond motifs is 1. The van der Waals surface area contributed by atoms with E-state index in [1.165, 1.54) is 6.92 Å². The fraction of sp³-hybridized carbons (Fsp3) is 0.261. The van der Waals surface area contributed by atoms with Crippen LogP contribution in [0, 0.1) is 6.92 Å². The number of ether oxygens (including phenoxy) is 1. The molecule has 0 fully saturated rings. The van der Waals surface area contributed by atoms with Crippen LogP contribution in [0.5, 0.6) is 0 Å². The van der Waals surface area contributed by atoms with Crippen molar-refractivity contribution in [2.45, 2.75) is 33.9 Å². The zero-order valence-corrected chi connectivity index (χ0v) is 17.6. The molecule has 1 heterocycles. The number of hydrogen-bond donors (Lipinski definition) is 1.